The predicted octanol–water partition coefficient (Wildman–Crippen LogP) is 3.66. The van der Waals surface area contributed by atoms with Crippen molar-refractivity contribution < 1.29 is 9.59 Å². The molecule has 3 N–H and O–H groups in total. The van der Waals surface area contributed by atoms with E-state index >= 15 is 0 Å². The second-order valence-corrected chi connectivity index (χ2v) is 7.22. The van der Waals surface area contributed by atoms with Gasteiger partial charge in [0.1, 0.15) is 11.2 Å². The van der Waals surface area contributed by atoms with Crippen LogP contribution in [0.1, 0.15) is 50.2 Å². The van der Waals surface area contributed by atoms with Crippen LogP contribution in [0.2, 0.25) is 0 Å². The van der Waals surface area contributed by atoms with E-state index in [9.17, 15) is 9.59 Å². The van der Waals surface area contributed by atoms with E-state index in [1.54, 1.807) is 6.92 Å². The van der Waals surface area contributed by atoms with Gasteiger partial charge in [0.2, 0.25) is 5.91 Å². The number of carbonyl (C=O) groups excluding carboxylic acids is 2. The lowest BCUT2D eigenvalue weighted by Crippen LogP contribution is -2.45. The summed E-state index contributed by atoms with van der Waals surface area (Å²) in [7, 11) is 0. The van der Waals surface area contributed by atoms with Gasteiger partial charge >= 0.3 is 0 Å². The van der Waals surface area contributed by atoms with E-state index in [1.807, 2.05) is 36.4 Å². The first-order valence-corrected chi connectivity index (χ1v) is 9.58. The second-order valence-electron chi connectivity index (χ2n) is 7.22. The van der Waals surface area contributed by atoms with Crippen LogP contribution in [0.5, 0.6) is 0 Å². The van der Waals surface area contributed by atoms with Crippen LogP contribution in [0, 0.1) is 5.41 Å². The lowest BCUT2D eigenvalue weighted by atomic mass is 9.73. The highest BCUT2D eigenvalue weighted by molar-refractivity contribution is 6.04. The number of Topliss-reactive ketones (excluding diaryl/α,β-unsaturated/α-hetero) is 1. The molecular weight excluding hydrogens is 336 g/mol. The van der Waals surface area contributed by atoms with E-state index in [0.29, 0.717) is 19.5 Å². The quantitative estimate of drug-likeness (QED) is 0.498. The number of hydrogen-bond acceptors (Lipinski definition) is 3. The van der Waals surface area contributed by atoms with Crippen molar-refractivity contribution in [2.75, 3.05) is 13.1 Å². The van der Waals surface area contributed by atoms with Gasteiger partial charge in [-0.15, -0.1) is 0 Å². The molecule has 0 bridgehead atoms. The van der Waals surface area contributed by atoms with Gasteiger partial charge in [-0.2, -0.15) is 0 Å². The molecule has 4 nitrogen and oxygen atoms in total. The number of unbranched alkanes of at least 4 members (excludes halogenated alkanes) is 1. The van der Waals surface area contributed by atoms with Crippen molar-refractivity contribution in [3.8, 4) is 0 Å². The number of amides is 1. The smallest absolute Gasteiger partial charge is 0.233 e. The highest BCUT2D eigenvalue weighted by Gasteiger charge is 2.40. The number of hydrogen-bond donors (Lipinski definition) is 2. The average Bonchev–Trinajstić information content (AvgIpc) is 2.70. The van der Waals surface area contributed by atoms with Gasteiger partial charge < -0.3 is 11.1 Å². The minimum absolute atomic E-state index is 0.0314. The van der Waals surface area contributed by atoms with Crippen LogP contribution in [-0.2, 0) is 9.59 Å². The Morgan fingerprint density at radius 2 is 1.48 bits per heavy atom. The van der Waals surface area contributed by atoms with Gasteiger partial charge in [0.25, 0.3) is 0 Å². The zero-order valence-electron chi connectivity index (χ0n) is 16.3. The topological polar surface area (TPSA) is 72.2 Å². The van der Waals surface area contributed by atoms with E-state index in [2.05, 4.69) is 29.6 Å². The van der Waals surface area contributed by atoms with Crippen LogP contribution < -0.4 is 11.1 Å². The van der Waals surface area contributed by atoms with Crippen molar-refractivity contribution in [2.45, 2.75) is 39.0 Å². The molecule has 144 valence electrons. The normalized spacial score (nSPS) is 13.2. The second kappa shape index (κ2) is 10.0. The molecule has 0 saturated carbocycles. The third-order valence-electron chi connectivity index (χ3n) is 5.21. The standard InChI is InChI=1S/C23H30N2O2/c1-18(26)23(2,22(27)25-16-10-9-15-24)17-21(19-11-5-3-6-12-19)20-13-7-4-8-14-20/h3-8,11-14,21H,9-10,15-17,24H2,1-2H3,(H,25,27). The van der Waals surface area contributed by atoms with Crippen molar-refractivity contribution in [1.29, 1.82) is 0 Å². The fourth-order valence-electron chi connectivity index (χ4n) is 3.27. The molecule has 1 unspecified atom stereocenters. The van der Waals surface area contributed by atoms with Gasteiger partial charge in [0.05, 0.1) is 0 Å². The Kier molecular flexibility index (Phi) is 7.74. The zero-order chi connectivity index (χ0) is 19.7. The summed E-state index contributed by atoms with van der Waals surface area (Å²) in [6.45, 7) is 4.41. The summed E-state index contributed by atoms with van der Waals surface area (Å²) in [6, 6.07) is 20.1. The molecule has 2 aromatic carbocycles. The molecule has 2 aromatic rings. The fourth-order valence-corrected chi connectivity index (χ4v) is 3.27. The molecule has 0 fully saturated rings. The largest absolute Gasteiger partial charge is 0.355 e. The number of rotatable bonds is 10. The molecule has 0 saturated heterocycles. The van der Waals surface area contributed by atoms with Crippen molar-refractivity contribution in [3.63, 3.8) is 0 Å². The van der Waals surface area contributed by atoms with Crippen LogP contribution in [0.25, 0.3) is 0 Å². The molecule has 0 aliphatic rings. The number of benzene rings is 2. The highest BCUT2D eigenvalue weighted by atomic mass is 16.2. The van der Waals surface area contributed by atoms with E-state index in [4.69, 9.17) is 5.73 Å². The first-order valence-electron chi connectivity index (χ1n) is 9.58. The maximum absolute atomic E-state index is 12.9. The Balaban J connectivity index is 2.28. The Bertz CT molecular complexity index is 691. The molecule has 2 rings (SSSR count). The van der Waals surface area contributed by atoms with Crippen molar-refractivity contribution in [2.24, 2.45) is 11.1 Å². The van der Waals surface area contributed by atoms with Crippen LogP contribution in [0.15, 0.2) is 60.7 Å². The molecule has 0 radical (unpaired) electrons. The SMILES string of the molecule is CC(=O)C(C)(CC(c1ccccc1)c1ccccc1)C(=O)NCCCCN. The zero-order valence-corrected chi connectivity index (χ0v) is 16.3. The third kappa shape index (κ3) is 5.51. The van der Waals surface area contributed by atoms with Gasteiger partial charge in [0.15, 0.2) is 0 Å². The summed E-state index contributed by atoms with van der Waals surface area (Å²) in [6.07, 6.45) is 2.10. The van der Waals surface area contributed by atoms with Crippen molar-refractivity contribution in [3.05, 3.63) is 71.8 Å². The molecule has 0 aliphatic heterocycles. The number of nitrogens with two attached hydrogens (primary N) is 1. The third-order valence-corrected chi connectivity index (χ3v) is 5.21. The maximum Gasteiger partial charge on any atom is 0.233 e. The molecule has 27 heavy (non-hydrogen) atoms. The lowest BCUT2D eigenvalue weighted by Gasteiger charge is -2.31. The minimum atomic E-state index is -1.08. The Hall–Kier alpha value is -2.46. The Labute approximate surface area is 162 Å². The molecule has 1 amide bonds. The maximum atomic E-state index is 12.9. The Morgan fingerprint density at radius 3 is 1.93 bits per heavy atom. The van der Waals surface area contributed by atoms with Gasteiger partial charge in [-0.3, -0.25) is 9.59 Å². The lowest BCUT2D eigenvalue weighted by molar-refractivity contribution is -0.140. The van der Waals surface area contributed by atoms with Gasteiger partial charge in [-0.25, -0.2) is 0 Å². The number of nitrogens with one attached hydrogen (secondary N) is 1. The van der Waals surface area contributed by atoms with E-state index in [1.165, 1.54) is 6.92 Å². The van der Waals surface area contributed by atoms with Crippen molar-refractivity contribution in [1.82, 2.24) is 5.32 Å². The molecule has 0 heterocycles. The minimum Gasteiger partial charge on any atom is -0.355 e. The average molecular weight is 367 g/mol. The van der Waals surface area contributed by atoms with E-state index < -0.39 is 5.41 Å². The summed E-state index contributed by atoms with van der Waals surface area (Å²) in [5, 5.41) is 2.93. The fraction of sp³-hybridized carbons (Fsp3) is 0.391. The highest BCUT2D eigenvalue weighted by Crippen LogP contribution is 2.37. The van der Waals surface area contributed by atoms with E-state index in [0.717, 1.165) is 24.0 Å². The number of carbonyl (C=O) groups is 2. The Morgan fingerprint density at radius 1 is 0.963 bits per heavy atom. The molecule has 0 aliphatic carbocycles. The first kappa shape index (κ1) is 20.8. The molecule has 0 aromatic heterocycles. The monoisotopic (exact) mass is 366 g/mol. The van der Waals surface area contributed by atoms with Gasteiger partial charge in [-0.05, 0) is 50.8 Å². The number of ketones is 1. The molecule has 4 heteroatoms. The van der Waals surface area contributed by atoms with Gasteiger partial charge in [-0.1, -0.05) is 60.7 Å². The van der Waals surface area contributed by atoms with E-state index in [-0.39, 0.29) is 17.6 Å². The molecular formula is C23H30N2O2. The summed E-state index contributed by atoms with van der Waals surface area (Å²) in [5.74, 6) is -0.351. The van der Waals surface area contributed by atoms with Crippen LogP contribution in [0.4, 0.5) is 0 Å². The molecule has 1 atom stereocenters. The summed E-state index contributed by atoms with van der Waals surface area (Å²) < 4.78 is 0. The van der Waals surface area contributed by atoms with Gasteiger partial charge in [0, 0.05) is 12.5 Å². The summed E-state index contributed by atoms with van der Waals surface area (Å²) >= 11 is 0. The van der Waals surface area contributed by atoms with Crippen LogP contribution >= 0.6 is 0 Å². The molecule has 0 spiro atoms. The van der Waals surface area contributed by atoms with Crippen LogP contribution in [-0.4, -0.2) is 24.8 Å². The van der Waals surface area contributed by atoms with Crippen molar-refractivity contribution >= 4 is 11.7 Å². The predicted molar refractivity (Wildman–Crippen MR) is 109 cm³/mol. The van der Waals surface area contributed by atoms with Crippen LogP contribution in [0.3, 0.4) is 0 Å². The summed E-state index contributed by atoms with van der Waals surface area (Å²) in [4.78, 5) is 25.4. The summed E-state index contributed by atoms with van der Waals surface area (Å²) in [5.41, 5.74) is 6.63. The first-order chi connectivity index (χ1) is 13.0.